The molecule has 4 nitrogen and oxygen atoms in total. The summed E-state index contributed by atoms with van der Waals surface area (Å²) in [5, 5.41) is 13.5. The van der Waals surface area contributed by atoms with Crippen molar-refractivity contribution in [1.82, 2.24) is 9.78 Å². The Kier molecular flexibility index (Phi) is 6.65. The summed E-state index contributed by atoms with van der Waals surface area (Å²) < 4.78 is 46.8. The van der Waals surface area contributed by atoms with Gasteiger partial charge in [-0.1, -0.05) is 65.7 Å². The fourth-order valence-electron chi connectivity index (χ4n) is 3.37. The number of rotatable bonds is 6. The molecule has 170 valence electrons. The van der Waals surface area contributed by atoms with E-state index in [2.05, 4.69) is 5.10 Å². The van der Waals surface area contributed by atoms with Gasteiger partial charge in [-0.15, -0.1) is 0 Å². The van der Waals surface area contributed by atoms with Crippen LogP contribution < -0.4 is 4.74 Å². The number of hydrogen-bond donors (Lipinski definition) is 1. The molecule has 0 amide bonds. The molecule has 0 spiro atoms. The van der Waals surface area contributed by atoms with Crippen LogP contribution in [0.25, 0.3) is 16.8 Å². The molecule has 1 aromatic heterocycles. The minimum absolute atomic E-state index is 0.0927. The van der Waals surface area contributed by atoms with E-state index in [1.807, 2.05) is 36.4 Å². The monoisotopic (exact) mass is 492 g/mol. The molecule has 0 atom stereocenters. The molecule has 0 bridgehead atoms. The van der Waals surface area contributed by atoms with Crippen molar-refractivity contribution in [2.75, 3.05) is 0 Å². The first kappa shape index (κ1) is 23.2. The summed E-state index contributed by atoms with van der Waals surface area (Å²) in [4.78, 5) is 0. The van der Waals surface area contributed by atoms with Gasteiger partial charge in [0.1, 0.15) is 18.0 Å². The van der Waals surface area contributed by atoms with Crippen LogP contribution in [0.15, 0.2) is 72.8 Å². The Balaban J connectivity index is 1.61. The molecule has 0 aliphatic rings. The smallest absolute Gasteiger partial charge is 0.435 e. The predicted molar refractivity (Wildman–Crippen MR) is 121 cm³/mol. The van der Waals surface area contributed by atoms with Gasteiger partial charge in [0.25, 0.3) is 0 Å². The van der Waals surface area contributed by atoms with Crippen LogP contribution in [0.5, 0.6) is 5.75 Å². The summed E-state index contributed by atoms with van der Waals surface area (Å²) in [5.41, 5.74) is 1.74. The van der Waals surface area contributed by atoms with Crippen LogP contribution in [0.2, 0.25) is 10.0 Å². The quantitative estimate of drug-likeness (QED) is 0.317. The average Bonchev–Trinajstić information content (AvgIpc) is 3.22. The third kappa shape index (κ3) is 5.00. The van der Waals surface area contributed by atoms with Gasteiger partial charge < -0.3 is 9.84 Å². The first-order chi connectivity index (χ1) is 15.8. The summed E-state index contributed by atoms with van der Waals surface area (Å²) in [6, 6.07) is 20.0. The second-order valence-electron chi connectivity index (χ2n) is 7.13. The standard InChI is InChI=1S/C24H17Cl2F3N2O2/c25-20-6-3-7-21(26)23(20)31-17(12-22(30-31)24(27,28)29)14-33-18-10-8-15(9-11-18)19-5-2-1-4-16(19)13-32/h1-12,32H,13-14H2. The maximum absolute atomic E-state index is 13.3. The molecule has 1 N–H and O–H groups in total. The third-order valence-corrected chi connectivity index (χ3v) is 5.57. The van der Waals surface area contributed by atoms with Crippen LogP contribution in [0, 0.1) is 0 Å². The van der Waals surface area contributed by atoms with Gasteiger partial charge in [-0.05, 0) is 47.0 Å². The molecule has 0 saturated carbocycles. The van der Waals surface area contributed by atoms with E-state index in [1.165, 1.54) is 12.1 Å². The first-order valence-electron chi connectivity index (χ1n) is 9.80. The van der Waals surface area contributed by atoms with Crippen LogP contribution in [0.4, 0.5) is 13.2 Å². The molecule has 3 aromatic carbocycles. The van der Waals surface area contributed by atoms with Crippen LogP contribution in [0.3, 0.4) is 0 Å². The normalized spacial score (nSPS) is 11.6. The van der Waals surface area contributed by atoms with Crippen molar-refractivity contribution in [1.29, 1.82) is 0 Å². The predicted octanol–water partition coefficient (Wildman–Crippen LogP) is 6.94. The fourth-order valence-corrected chi connectivity index (χ4v) is 3.93. The molecule has 4 rings (SSSR count). The average molecular weight is 493 g/mol. The van der Waals surface area contributed by atoms with Gasteiger partial charge in [-0.25, -0.2) is 4.68 Å². The van der Waals surface area contributed by atoms with Gasteiger partial charge in [-0.3, -0.25) is 0 Å². The van der Waals surface area contributed by atoms with Crippen molar-refractivity contribution in [3.8, 4) is 22.6 Å². The van der Waals surface area contributed by atoms with E-state index >= 15 is 0 Å². The molecule has 0 fully saturated rings. The largest absolute Gasteiger partial charge is 0.487 e. The number of hydrogen-bond acceptors (Lipinski definition) is 3. The van der Waals surface area contributed by atoms with Crippen LogP contribution >= 0.6 is 23.2 Å². The lowest BCUT2D eigenvalue weighted by atomic mass is 10.0. The van der Waals surface area contributed by atoms with Crippen molar-refractivity contribution in [2.24, 2.45) is 0 Å². The van der Waals surface area contributed by atoms with E-state index in [9.17, 15) is 18.3 Å². The zero-order chi connectivity index (χ0) is 23.6. The molecular weight excluding hydrogens is 476 g/mol. The van der Waals surface area contributed by atoms with Gasteiger partial charge in [-0.2, -0.15) is 18.3 Å². The Bertz CT molecular complexity index is 1250. The minimum Gasteiger partial charge on any atom is -0.487 e. The Morgan fingerprint density at radius 1 is 0.909 bits per heavy atom. The zero-order valence-electron chi connectivity index (χ0n) is 17.0. The number of para-hydroxylation sites is 1. The summed E-state index contributed by atoms with van der Waals surface area (Å²) in [7, 11) is 0. The Morgan fingerprint density at radius 2 is 1.58 bits per heavy atom. The second kappa shape index (κ2) is 9.47. The van der Waals surface area contributed by atoms with E-state index < -0.39 is 11.9 Å². The van der Waals surface area contributed by atoms with Crippen LogP contribution in [-0.4, -0.2) is 14.9 Å². The Labute approximate surface area is 197 Å². The highest BCUT2D eigenvalue weighted by Gasteiger charge is 2.35. The second-order valence-corrected chi connectivity index (χ2v) is 7.94. The Morgan fingerprint density at radius 3 is 2.21 bits per heavy atom. The van der Waals surface area contributed by atoms with Crippen LogP contribution in [-0.2, 0) is 19.4 Å². The van der Waals surface area contributed by atoms with Crippen molar-refractivity contribution < 1.29 is 23.0 Å². The van der Waals surface area contributed by atoms with E-state index in [-0.39, 0.29) is 34.6 Å². The molecule has 9 heteroatoms. The molecule has 0 aliphatic heterocycles. The number of nitrogens with zero attached hydrogens (tertiary/aromatic N) is 2. The van der Waals surface area contributed by atoms with Crippen molar-refractivity contribution >= 4 is 23.2 Å². The number of alkyl halides is 3. The number of aromatic nitrogens is 2. The van der Waals surface area contributed by atoms with Crippen molar-refractivity contribution in [2.45, 2.75) is 19.4 Å². The van der Waals surface area contributed by atoms with E-state index in [0.29, 0.717) is 5.75 Å². The van der Waals surface area contributed by atoms with Gasteiger partial charge in [0.15, 0.2) is 5.69 Å². The van der Waals surface area contributed by atoms with Gasteiger partial charge in [0.2, 0.25) is 0 Å². The van der Waals surface area contributed by atoms with Crippen molar-refractivity contribution in [3.63, 3.8) is 0 Å². The maximum atomic E-state index is 13.3. The number of aliphatic hydroxyl groups excluding tert-OH is 1. The zero-order valence-corrected chi connectivity index (χ0v) is 18.5. The highest BCUT2D eigenvalue weighted by atomic mass is 35.5. The lowest BCUT2D eigenvalue weighted by molar-refractivity contribution is -0.141. The fraction of sp³-hybridized carbons (Fsp3) is 0.125. The van der Waals surface area contributed by atoms with Crippen molar-refractivity contribution in [3.05, 3.63) is 99.8 Å². The number of halogens is 5. The number of benzene rings is 3. The molecule has 0 saturated heterocycles. The first-order valence-corrected chi connectivity index (χ1v) is 10.6. The van der Waals surface area contributed by atoms with E-state index in [1.54, 1.807) is 18.2 Å². The highest BCUT2D eigenvalue weighted by Crippen LogP contribution is 2.34. The molecule has 1 heterocycles. The summed E-state index contributed by atoms with van der Waals surface area (Å²) in [6.45, 7) is -0.290. The lowest BCUT2D eigenvalue weighted by Crippen LogP contribution is -2.09. The SMILES string of the molecule is OCc1ccccc1-c1ccc(OCc2cc(C(F)(F)F)nn2-c2c(Cl)cccc2Cl)cc1. The maximum Gasteiger partial charge on any atom is 0.435 e. The highest BCUT2D eigenvalue weighted by molar-refractivity contribution is 6.37. The summed E-state index contributed by atoms with van der Waals surface area (Å²) >= 11 is 12.4. The van der Waals surface area contributed by atoms with Gasteiger partial charge >= 0.3 is 6.18 Å². The summed E-state index contributed by atoms with van der Waals surface area (Å²) in [5.74, 6) is 0.451. The lowest BCUT2D eigenvalue weighted by Gasteiger charge is -2.13. The molecule has 0 radical (unpaired) electrons. The molecule has 0 aliphatic carbocycles. The topological polar surface area (TPSA) is 47.3 Å². The van der Waals surface area contributed by atoms with Crippen LogP contribution in [0.1, 0.15) is 17.0 Å². The molecule has 0 unspecified atom stereocenters. The minimum atomic E-state index is -4.64. The van der Waals surface area contributed by atoms with Gasteiger partial charge in [0, 0.05) is 0 Å². The molecular formula is C24H17Cl2F3N2O2. The molecule has 4 aromatic rings. The molecule has 33 heavy (non-hydrogen) atoms. The summed E-state index contributed by atoms with van der Waals surface area (Å²) in [6.07, 6.45) is -4.64. The number of ether oxygens (including phenoxy) is 1. The Hall–Kier alpha value is -3.00. The van der Waals surface area contributed by atoms with E-state index in [0.717, 1.165) is 27.4 Å². The van der Waals surface area contributed by atoms with E-state index in [4.69, 9.17) is 27.9 Å². The number of aliphatic hydroxyl groups is 1. The third-order valence-electron chi connectivity index (χ3n) is 4.96. The van der Waals surface area contributed by atoms with Gasteiger partial charge in [0.05, 0.1) is 22.3 Å².